The molecule has 0 saturated heterocycles. The second-order valence-electron chi connectivity index (χ2n) is 7.71. The lowest BCUT2D eigenvalue weighted by molar-refractivity contribution is -0.137. The van der Waals surface area contributed by atoms with Gasteiger partial charge in [0, 0.05) is 23.0 Å². The van der Waals surface area contributed by atoms with E-state index in [1.807, 2.05) is 13.8 Å². The monoisotopic (exact) mass is 510 g/mol. The maximum absolute atomic E-state index is 13.1. The first-order valence-corrected chi connectivity index (χ1v) is 12.1. The van der Waals surface area contributed by atoms with Crippen LogP contribution in [0.15, 0.2) is 52.4 Å². The molecule has 0 atom stereocenters. The molecule has 4 aromatic rings. The number of halogens is 4. The van der Waals surface area contributed by atoms with E-state index in [4.69, 9.17) is 11.6 Å². The summed E-state index contributed by atoms with van der Waals surface area (Å²) in [5, 5.41) is 4.60. The Bertz CT molecular complexity index is 1590. The van der Waals surface area contributed by atoms with Gasteiger partial charge in [-0.15, -0.1) is 5.10 Å². The molecule has 3 heterocycles. The number of hydrogen-bond donors (Lipinski definition) is 0. The van der Waals surface area contributed by atoms with Gasteiger partial charge in [-0.1, -0.05) is 18.5 Å². The number of nitrogens with zero attached hydrogens (tertiary/aromatic N) is 4. The van der Waals surface area contributed by atoms with Gasteiger partial charge in [0.15, 0.2) is 21.3 Å². The third-order valence-corrected chi connectivity index (χ3v) is 7.69. The van der Waals surface area contributed by atoms with Crippen molar-refractivity contribution in [1.29, 1.82) is 0 Å². The smallest absolute Gasteiger partial charge is 0.249 e. The van der Waals surface area contributed by atoms with E-state index in [1.165, 1.54) is 19.2 Å². The Hall–Kier alpha value is -3.18. The fraction of sp³-hybridized carbons (Fsp3) is 0.227. The fourth-order valence-corrected chi connectivity index (χ4v) is 4.68. The van der Waals surface area contributed by atoms with E-state index in [0.717, 1.165) is 23.3 Å². The summed E-state index contributed by atoms with van der Waals surface area (Å²) in [6, 6.07) is 6.76. The number of sulfone groups is 1. The Morgan fingerprint density at radius 1 is 1.06 bits per heavy atom. The summed E-state index contributed by atoms with van der Waals surface area (Å²) in [6.07, 6.45) is -2.67. The van der Waals surface area contributed by atoms with Crippen molar-refractivity contribution in [3.63, 3.8) is 0 Å². The molecular weight excluding hydrogens is 493 g/mol. The van der Waals surface area contributed by atoms with Crippen molar-refractivity contribution < 1.29 is 21.6 Å². The molecule has 0 N–H and O–H groups in total. The Labute approximate surface area is 197 Å². The van der Waals surface area contributed by atoms with Crippen LogP contribution in [0.25, 0.3) is 22.6 Å². The maximum Gasteiger partial charge on any atom is 0.417 e. The van der Waals surface area contributed by atoms with Gasteiger partial charge in [0.05, 0.1) is 11.3 Å². The quantitative estimate of drug-likeness (QED) is 0.399. The van der Waals surface area contributed by atoms with Gasteiger partial charge < -0.3 is 0 Å². The number of aryl methyl sites for hydroxylation is 2. The minimum Gasteiger partial charge on any atom is -0.249 e. The van der Waals surface area contributed by atoms with Crippen molar-refractivity contribution in [3.8, 4) is 16.9 Å². The summed E-state index contributed by atoms with van der Waals surface area (Å²) >= 11 is 6.23. The number of benzene rings is 1. The van der Waals surface area contributed by atoms with Gasteiger partial charge in [-0.05, 0) is 60.9 Å². The molecule has 0 unspecified atom stereocenters. The Balaban J connectivity index is 1.96. The highest BCUT2D eigenvalue weighted by atomic mass is 35.5. The van der Waals surface area contributed by atoms with Gasteiger partial charge in [0.2, 0.25) is 0 Å². The van der Waals surface area contributed by atoms with Gasteiger partial charge in [-0.2, -0.15) is 17.9 Å². The van der Waals surface area contributed by atoms with Crippen molar-refractivity contribution in [2.24, 2.45) is 0 Å². The van der Waals surface area contributed by atoms with Crippen LogP contribution < -0.4 is 5.69 Å². The predicted octanol–water partition coefficient (Wildman–Crippen LogP) is 4.63. The van der Waals surface area contributed by atoms with E-state index < -0.39 is 27.3 Å². The molecule has 178 valence electrons. The molecule has 0 amide bonds. The van der Waals surface area contributed by atoms with Crippen LogP contribution in [0.2, 0.25) is 5.02 Å². The van der Waals surface area contributed by atoms with Crippen molar-refractivity contribution in [1.82, 2.24) is 19.2 Å². The predicted molar refractivity (Wildman–Crippen MR) is 121 cm³/mol. The van der Waals surface area contributed by atoms with E-state index >= 15 is 0 Å². The van der Waals surface area contributed by atoms with Gasteiger partial charge in [-0.25, -0.2) is 22.6 Å². The number of aromatic nitrogens is 4. The SMILES string of the molecule is CCS(=O)(=O)c1cc(-c2cc(C)c(Cl)c(C)c2)cnc1-n1nc2ccc(C(F)(F)F)cn2c1=O. The number of hydrogen-bond acceptors (Lipinski definition) is 5. The van der Waals surface area contributed by atoms with Crippen molar-refractivity contribution in [2.75, 3.05) is 5.75 Å². The molecule has 0 spiro atoms. The Kier molecular flexibility index (Phi) is 5.81. The van der Waals surface area contributed by atoms with Crippen LogP contribution >= 0.6 is 11.6 Å². The highest BCUT2D eigenvalue weighted by Gasteiger charge is 2.31. The highest BCUT2D eigenvalue weighted by molar-refractivity contribution is 7.91. The summed E-state index contributed by atoms with van der Waals surface area (Å²) < 4.78 is 66.5. The highest BCUT2D eigenvalue weighted by Crippen LogP contribution is 2.31. The molecule has 0 bridgehead atoms. The zero-order valence-electron chi connectivity index (χ0n) is 18.2. The second kappa shape index (κ2) is 8.24. The number of rotatable bonds is 4. The summed E-state index contributed by atoms with van der Waals surface area (Å²) in [5.74, 6) is -0.584. The van der Waals surface area contributed by atoms with E-state index in [2.05, 4.69) is 10.1 Å². The van der Waals surface area contributed by atoms with Crippen LogP contribution in [0.5, 0.6) is 0 Å². The normalized spacial score (nSPS) is 12.4. The van der Waals surface area contributed by atoms with E-state index in [9.17, 15) is 26.4 Å². The van der Waals surface area contributed by atoms with E-state index in [-0.39, 0.29) is 22.1 Å². The molecule has 0 aliphatic heterocycles. The first-order valence-electron chi connectivity index (χ1n) is 10.0. The van der Waals surface area contributed by atoms with Gasteiger partial charge in [0.25, 0.3) is 0 Å². The van der Waals surface area contributed by atoms with Crippen LogP contribution in [0, 0.1) is 13.8 Å². The molecule has 3 aromatic heterocycles. The average Bonchev–Trinajstić information content (AvgIpc) is 3.12. The standard InChI is InChI=1S/C22H18ClF3N4O3S/c1-4-34(32,33)17-9-15(14-7-12(2)19(23)13(3)8-14)10-27-20(17)30-21(31)29-11-16(22(24,25)26)5-6-18(29)28-30/h5-11H,4H2,1-3H3. The number of pyridine rings is 2. The average molecular weight is 511 g/mol. The third-order valence-electron chi connectivity index (χ3n) is 5.36. The van der Waals surface area contributed by atoms with Crippen LogP contribution in [0.3, 0.4) is 0 Å². The molecular formula is C22H18ClF3N4O3S. The summed E-state index contributed by atoms with van der Waals surface area (Å²) in [5.41, 5.74) is 0.605. The topological polar surface area (TPSA) is 86.3 Å². The minimum atomic E-state index is -4.67. The third kappa shape index (κ3) is 4.09. The van der Waals surface area contributed by atoms with Crippen molar-refractivity contribution >= 4 is 27.1 Å². The molecule has 34 heavy (non-hydrogen) atoms. The molecule has 1 aromatic carbocycles. The van der Waals surface area contributed by atoms with E-state index in [1.54, 1.807) is 12.1 Å². The molecule has 0 fully saturated rings. The largest absolute Gasteiger partial charge is 0.417 e. The first-order chi connectivity index (χ1) is 15.8. The fourth-order valence-electron chi connectivity index (χ4n) is 3.53. The molecule has 0 saturated carbocycles. The van der Waals surface area contributed by atoms with Gasteiger partial charge in [0.1, 0.15) is 4.90 Å². The van der Waals surface area contributed by atoms with Gasteiger partial charge in [-0.3, -0.25) is 0 Å². The van der Waals surface area contributed by atoms with Crippen LogP contribution in [-0.4, -0.2) is 33.3 Å². The van der Waals surface area contributed by atoms with Gasteiger partial charge >= 0.3 is 11.9 Å². The molecule has 0 aliphatic rings. The molecule has 4 rings (SSSR count). The van der Waals surface area contributed by atoms with Crippen LogP contribution in [-0.2, 0) is 16.0 Å². The van der Waals surface area contributed by atoms with E-state index in [0.29, 0.717) is 31.4 Å². The lowest BCUT2D eigenvalue weighted by Crippen LogP contribution is -2.23. The lowest BCUT2D eigenvalue weighted by atomic mass is 10.0. The van der Waals surface area contributed by atoms with Crippen molar-refractivity contribution in [3.05, 3.63) is 74.9 Å². The first kappa shape index (κ1) is 24.0. The maximum atomic E-state index is 13.1. The zero-order valence-corrected chi connectivity index (χ0v) is 19.8. The molecule has 12 heteroatoms. The van der Waals surface area contributed by atoms with Crippen molar-refractivity contribution in [2.45, 2.75) is 31.8 Å². The summed E-state index contributed by atoms with van der Waals surface area (Å²) in [6.45, 7) is 5.07. The Morgan fingerprint density at radius 2 is 1.71 bits per heavy atom. The second-order valence-corrected chi connectivity index (χ2v) is 10.3. The lowest BCUT2D eigenvalue weighted by Gasteiger charge is -2.12. The summed E-state index contributed by atoms with van der Waals surface area (Å²) in [7, 11) is -3.90. The molecule has 0 radical (unpaired) electrons. The molecule has 0 aliphatic carbocycles. The Morgan fingerprint density at radius 3 is 2.29 bits per heavy atom. The number of fused-ring (bicyclic) bond motifs is 1. The van der Waals surface area contributed by atoms with Crippen LogP contribution in [0.4, 0.5) is 13.2 Å². The number of alkyl halides is 3. The van der Waals surface area contributed by atoms with Crippen LogP contribution in [0.1, 0.15) is 23.6 Å². The minimum absolute atomic E-state index is 0.0901. The summed E-state index contributed by atoms with van der Waals surface area (Å²) in [4.78, 5) is 16.8. The molecule has 7 nitrogen and oxygen atoms in total. The zero-order chi connectivity index (χ0) is 25.0.